The van der Waals surface area contributed by atoms with E-state index in [1.807, 2.05) is 13.8 Å². The molecule has 8 nitrogen and oxygen atoms in total. The van der Waals surface area contributed by atoms with E-state index in [4.69, 9.17) is 23.2 Å². The second kappa shape index (κ2) is 10.7. The van der Waals surface area contributed by atoms with Gasteiger partial charge in [-0.25, -0.2) is 0 Å². The highest BCUT2D eigenvalue weighted by Crippen LogP contribution is 2.36. The predicted octanol–water partition coefficient (Wildman–Crippen LogP) is 5.13. The Labute approximate surface area is 233 Å². The fraction of sp³-hybridized carbons (Fsp3) is 0.370. The van der Waals surface area contributed by atoms with Crippen molar-refractivity contribution in [2.75, 3.05) is 13.2 Å². The first-order chi connectivity index (χ1) is 18.6. The van der Waals surface area contributed by atoms with Crippen molar-refractivity contribution in [3.8, 4) is 5.75 Å². The molecule has 2 aromatic carbocycles. The van der Waals surface area contributed by atoms with Gasteiger partial charge in [0.15, 0.2) is 0 Å². The first kappa shape index (κ1) is 27.4. The van der Waals surface area contributed by atoms with Crippen molar-refractivity contribution < 1.29 is 28.2 Å². The maximum atomic E-state index is 13.9. The summed E-state index contributed by atoms with van der Waals surface area (Å²) in [5, 5.41) is 15.5. The highest BCUT2D eigenvalue weighted by Gasteiger charge is 2.41. The standard InChI is InChI=1S/C27H26Cl2F2N4O4/c1-14-9-23-20(12-33(14)25(37)17-5-8-21(28)22(29)10-17)24-26(38)34(11-18(13-36)35(24)32-23)15(2)16-3-6-19(7-4-16)39-27(30)31/h3-8,10,14-15,18,27,36H,9,11-13H2,1-2H3/t14-,15?,18+/m1/s1. The SMILES string of the molecule is CC(c1ccc(OC(F)F)cc1)N1C[C@@H](CO)n2nc3c(c2C1=O)CN(C(=O)c1ccc(Cl)c(Cl)c1)[C@H](C)C3. The van der Waals surface area contributed by atoms with Crippen LogP contribution in [0.4, 0.5) is 8.78 Å². The average Bonchev–Trinajstić information content (AvgIpc) is 3.28. The molecular weight excluding hydrogens is 553 g/mol. The van der Waals surface area contributed by atoms with Gasteiger partial charge in [0, 0.05) is 30.1 Å². The quantitative estimate of drug-likeness (QED) is 0.438. The first-order valence-corrected chi connectivity index (χ1v) is 13.2. The Kier molecular flexibility index (Phi) is 7.54. The molecule has 3 heterocycles. The number of hydrogen-bond donors (Lipinski definition) is 1. The van der Waals surface area contributed by atoms with Gasteiger partial charge >= 0.3 is 6.61 Å². The molecule has 1 unspecified atom stereocenters. The van der Waals surface area contributed by atoms with Crippen LogP contribution in [0.25, 0.3) is 0 Å². The number of halogens is 4. The van der Waals surface area contributed by atoms with E-state index in [0.29, 0.717) is 39.5 Å². The molecule has 12 heteroatoms. The van der Waals surface area contributed by atoms with Gasteiger partial charge in [-0.15, -0.1) is 0 Å². The highest BCUT2D eigenvalue weighted by atomic mass is 35.5. The summed E-state index contributed by atoms with van der Waals surface area (Å²) in [6.45, 7) is 0.942. The molecule has 3 atom stereocenters. The lowest BCUT2D eigenvalue weighted by molar-refractivity contribution is -0.0498. The van der Waals surface area contributed by atoms with Crippen LogP contribution >= 0.6 is 23.2 Å². The summed E-state index contributed by atoms with van der Waals surface area (Å²) < 4.78 is 31.1. The van der Waals surface area contributed by atoms with Gasteiger partial charge in [0.1, 0.15) is 11.4 Å². The van der Waals surface area contributed by atoms with E-state index in [1.165, 1.54) is 18.2 Å². The summed E-state index contributed by atoms with van der Waals surface area (Å²) in [7, 11) is 0. The summed E-state index contributed by atoms with van der Waals surface area (Å²) >= 11 is 12.2. The number of carbonyl (C=O) groups excluding carboxylic acids is 2. The van der Waals surface area contributed by atoms with Crippen LogP contribution in [0, 0.1) is 0 Å². The number of carbonyl (C=O) groups is 2. The lowest BCUT2D eigenvalue weighted by Crippen LogP contribution is -2.46. The molecule has 0 bridgehead atoms. The highest BCUT2D eigenvalue weighted by molar-refractivity contribution is 6.42. The van der Waals surface area contributed by atoms with Crippen molar-refractivity contribution in [3.63, 3.8) is 0 Å². The van der Waals surface area contributed by atoms with Gasteiger partial charge in [-0.2, -0.15) is 13.9 Å². The molecule has 0 aliphatic carbocycles. The van der Waals surface area contributed by atoms with Crippen LogP contribution in [0.5, 0.6) is 5.75 Å². The smallest absolute Gasteiger partial charge is 0.387 e. The molecule has 2 aliphatic rings. The van der Waals surface area contributed by atoms with E-state index in [9.17, 15) is 23.5 Å². The zero-order valence-corrected chi connectivity index (χ0v) is 22.7. The van der Waals surface area contributed by atoms with Crippen LogP contribution < -0.4 is 4.74 Å². The summed E-state index contributed by atoms with van der Waals surface area (Å²) in [4.78, 5) is 30.6. The number of aromatic nitrogens is 2. The van der Waals surface area contributed by atoms with Crippen LogP contribution in [-0.4, -0.2) is 62.3 Å². The molecule has 39 heavy (non-hydrogen) atoms. The van der Waals surface area contributed by atoms with Crippen molar-refractivity contribution in [2.45, 2.75) is 51.6 Å². The van der Waals surface area contributed by atoms with Crippen LogP contribution in [-0.2, 0) is 13.0 Å². The number of nitrogens with zero attached hydrogens (tertiary/aromatic N) is 4. The second-order valence-electron chi connectivity index (χ2n) is 9.75. The van der Waals surface area contributed by atoms with E-state index in [2.05, 4.69) is 9.84 Å². The molecule has 3 aromatic rings. The Balaban J connectivity index is 1.45. The molecule has 0 radical (unpaired) electrons. The second-order valence-corrected chi connectivity index (χ2v) is 10.6. The van der Waals surface area contributed by atoms with E-state index >= 15 is 0 Å². The number of benzene rings is 2. The number of fused-ring (bicyclic) bond motifs is 3. The molecule has 2 amide bonds. The van der Waals surface area contributed by atoms with E-state index in [1.54, 1.807) is 38.7 Å². The van der Waals surface area contributed by atoms with Gasteiger partial charge < -0.3 is 19.6 Å². The van der Waals surface area contributed by atoms with Crippen molar-refractivity contribution in [3.05, 3.63) is 80.6 Å². The van der Waals surface area contributed by atoms with Crippen molar-refractivity contribution >= 4 is 35.0 Å². The minimum Gasteiger partial charge on any atom is -0.435 e. The molecule has 0 fully saturated rings. The molecule has 2 aliphatic heterocycles. The minimum atomic E-state index is -2.93. The normalized spacial score (nSPS) is 19.6. The van der Waals surface area contributed by atoms with Crippen LogP contribution in [0.1, 0.15) is 63.6 Å². The third-order valence-electron chi connectivity index (χ3n) is 7.35. The monoisotopic (exact) mass is 578 g/mol. The summed E-state index contributed by atoms with van der Waals surface area (Å²) in [6, 6.07) is 9.71. The van der Waals surface area contributed by atoms with E-state index < -0.39 is 18.7 Å². The van der Waals surface area contributed by atoms with Crippen LogP contribution in [0.2, 0.25) is 10.0 Å². The van der Waals surface area contributed by atoms with E-state index in [0.717, 1.165) is 0 Å². The summed E-state index contributed by atoms with van der Waals surface area (Å²) in [6.07, 6.45) is 0.439. The Bertz CT molecular complexity index is 1420. The fourth-order valence-corrected chi connectivity index (χ4v) is 5.52. The van der Waals surface area contributed by atoms with Crippen molar-refractivity contribution in [1.29, 1.82) is 0 Å². The fourth-order valence-electron chi connectivity index (χ4n) is 5.22. The molecule has 1 aromatic heterocycles. The van der Waals surface area contributed by atoms with Crippen LogP contribution in [0.15, 0.2) is 42.5 Å². The number of rotatable bonds is 6. The third-order valence-corrected chi connectivity index (χ3v) is 8.09. The molecule has 5 rings (SSSR count). The zero-order valence-electron chi connectivity index (χ0n) is 21.2. The number of hydrogen-bond acceptors (Lipinski definition) is 5. The Morgan fingerprint density at radius 2 is 1.90 bits per heavy atom. The molecule has 0 saturated carbocycles. The van der Waals surface area contributed by atoms with E-state index in [-0.39, 0.29) is 48.3 Å². The van der Waals surface area contributed by atoms with Gasteiger partial charge in [0.05, 0.1) is 41.0 Å². The largest absolute Gasteiger partial charge is 0.435 e. The topological polar surface area (TPSA) is 87.9 Å². The number of amides is 2. The lowest BCUT2D eigenvalue weighted by Gasteiger charge is -2.38. The van der Waals surface area contributed by atoms with Gasteiger partial charge in [-0.1, -0.05) is 35.3 Å². The number of aliphatic hydroxyl groups is 1. The number of alkyl halides is 2. The number of ether oxygens (including phenoxy) is 1. The van der Waals surface area contributed by atoms with Gasteiger partial charge in [-0.05, 0) is 49.7 Å². The zero-order chi connectivity index (χ0) is 28.0. The summed E-state index contributed by atoms with van der Waals surface area (Å²) in [5.74, 6) is -0.512. The Morgan fingerprint density at radius 1 is 1.18 bits per heavy atom. The third kappa shape index (κ3) is 5.08. The van der Waals surface area contributed by atoms with Gasteiger partial charge in [-0.3, -0.25) is 14.3 Å². The predicted molar refractivity (Wildman–Crippen MR) is 140 cm³/mol. The molecule has 206 valence electrons. The Hall–Kier alpha value is -3.21. The average molecular weight is 579 g/mol. The molecule has 1 N–H and O–H groups in total. The minimum absolute atomic E-state index is 0.0205. The maximum Gasteiger partial charge on any atom is 0.387 e. The van der Waals surface area contributed by atoms with Crippen LogP contribution in [0.3, 0.4) is 0 Å². The lowest BCUT2D eigenvalue weighted by atomic mass is 9.96. The van der Waals surface area contributed by atoms with Crippen molar-refractivity contribution in [2.24, 2.45) is 0 Å². The van der Waals surface area contributed by atoms with Gasteiger partial charge in [0.25, 0.3) is 11.8 Å². The van der Waals surface area contributed by atoms with Gasteiger partial charge in [0.2, 0.25) is 0 Å². The maximum absolute atomic E-state index is 13.9. The number of aliphatic hydroxyl groups excluding tert-OH is 1. The van der Waals surface area contributed by atoms with Crippen molar-refractivity contribution in [1.82, 2.24) is 19.6 Å². The molecular formula is C27H26Cl2F2N4O4. The molecule has 0 saturated heterocycles. The first-order valence-electron chi connectivity index (χ1n) is 12.4. The summed E-state index contributed by atoms with van der Waals surface area (Å²) in [5.41, 5.74) is 2.79. The Morgan fingerprint density at radius 3 is 2.54 bits per heavy atom. The molecule has 0 spiro atoms.